The van der Waals surface area contributed by atoms with Crippen molar-refractivity contribution in [1.82, 2.24) is 0 Å². The molecule has 0 radical (unpaired) electrons. The Kier molecular flexibility index (Phi) is 23.2. The van der Waals surface area contributed by atoms with Gasteiger partial charge >= 0.3 is 0 Å². The van der Waals surface area contributed by atoms with Crippen LogP contribution in [0.5, 0.6) is 0 Å². The van der Waals surface area contributed by atoms with E-state index in [2.05, 4.69) is 27.7 Å². The molecule has 1 atom stereocenters. The predicted molar refractivity (Wildman–Crippen MR) is 117 cm³/mol. The molecule has 0 aromatic carbocycles. The SMILES string of the molecule is CCCCCC[N+](CCCCCC)(CCCCCC)C(O)CCCCC.[Br-]. The molecule has 0 bridgehead atoms. The van der Waals surface area contributed by atoms with Gasteiger partial charge in [0.1, 0.15) is 0 Å². The lowest BCUT2D eigenvalue weighted by molar-refractivity contribution is -0.972. The second-order valence-corrected chi connectivity index (χ2v) is 8.55. The molecule has 27 heavy (non-hydrogen) atoms. The zero-order chi connectivity index (χ0) is 19.5. The van der Waals surface area contributed by atoms with Crippen LogP contribution in [0, 0.1) is 0 Å². The Morgan fingerprint density at radius 2 is 0.852 bits per heavy atom. The first-order valence-corrected chi connectivity index (χ1v) is 12.2. The van der Waals surface area contributed by atoms with E-state index in [9.17, 15) is 5.11 Å². The molecule has 0 spiro atoms. The van der Waals surface area contributed by atoms with Crippen molar-refractivity contribution in [2.75, 3.05) is 19.6 Å². The second-order valence-electron chi connectivity index (χ2n) is 8.55. The summed E-state index contributed by atoms with van der Waals surface area (Å²) >= 11 is 0. The molecule has 0 aliphatic heterocycles. The standard InChI is InChI=1S/C24H52NO.BrH/c1-5-9-13-17-21-25(22-18-14-10-6-2,23-19-15-11-7-3)24(26)20-16-12-8-4;/h24,26H,5-23H2,1-4H3;1H/q+1;/p-1. The average Bonchev–Trinajstić information content (AvgIpc) is 2.65. The topological polar surface area (TPSA) is 20.2 Å². The number of aliphatic hydroxyl groups excluding tert-OH is 1. The van der Waals surface area contributed by atoms with Crippen molar-refractivity contribution in [3.63, 3.8) is 0 Å². The summed E-state index contributed by atoms with van der Waals surface area (Å²) in [4.78, 5) is 0. The van der Waals surface area contributed by atoms with Crippen LogP contribution in [-0.4, -0.2) is 35.5 Å². The van der Waals surface area contributed by atoms with E-state index in [1.807, 2.05) is 0 Å². The van der Waals surface area contributed by atoms with Crippen molar-refractivity contribution < 1.29 is 26.6 Å². The summed E-state index contributed by atoms with van der Waals surface area (Å²) in [7, 11) is 0. The highest BCUT2D eigenvalue weighted by Gasteiger charge is 2.33. The van der Waals surface area contributed by atoms with Crippen molar-refractivity contribution in [1.29, 1.82) is 0 Å². The molecule has 0 heterocycles. The number of quaternary nitrogens is 1. The third-order valence-electron chi connectivity index (χ3n) is 6.07. The van der Waals surface area contributed by atoms with E-state index in [0.29, 0.717) is 0 Å². The molecule has 0 aliphatic carbocycles. The largest absolute Gasteiger partial charge is 1.00 e. The molecular formula is C24H52BrNO. The molecule has 1 unspecified atom stereocenters. The fraction of sp³-hybridized carbons (Fsp3) is 1.00. The van der Waals surface area contributed by atoms with E-state index in [0.717, 1.165) is 10.9 Å². The van der Waals surface area contributed by atoms with Gasteiger partial charge in [-0.3, -0.25) is 4.48 Å². The summed E-state index contributed by atoms with van der Waals surface area (Å²) in [6.07, 6.45) is 20.4. The fourth-order valence-electron chi connectivity index (χ4n) is 4.19. The van der Waals surface area contributed by atoms with Crippen molar-refractivity contribution in [3.05, 3.63) is 0 Å². The maximum Gasteiger partial charge on any atom is 0.190 e. The smallest absolute Gasteiger partial charge is 0.190 e. The minimum absolute atomic E-state index is 0. The Balaban J connectivity index is 0. The van der Waals surface area contributed by atoms with E-state index in [1.165, 1.54) is 116 Å². The number of halogens is 1. The first-order chi connectivity index (χ1) is 12.7. The minimum atomic E-state index is -0.133. The van der Waals surface area contributed by atoms with Crippen molar-refractivity contribution >= 4 is 0 Å². The summed E-state index contributed by atoms with van der Waals surface area (Å²) in [6, 6.07) is 0. The van der Waals surface area contributed by atoms with Crippen LogP contribution in [0.15, 0.2) is 0 Å². The normalized spacial score (nSPS) is 12.8. The van der Waals surface area contributed by atoms with Crippen LogP contribution in [0.25, 0.3) is 0 Å². The summed E-state index contributed by atoms with van der Waals surface area (Å²) in [6.45, 7) is 12.7. The molecule has 0 rings (SSSR count). The molecule has 0 fully saturated rings. The molecule has 166 valence electrons. The van der Waals surface area contributed by atoms with Gasteiger partial charge < -0.3 is 22.1 Å². The van der Waals surface area contributed by atoms with Crippen LogP contribution in [0.3, 0.4) is 0 Å². The molecule has 2 nitrogen and oxygen atoms in total. The summed E-state index contributed by atoms with van der Waals surface area (Å²) in [5, 5.41) is 11.2. The van der Waals surface area contributed by atoms with E-state index in [-0.39, 0.29) is 23.2 Å². The Hall–Kier alpha value is 0.400. The number of hydrogen-bond acceptors (Lipinski definition) is 1. The molecule has 0 aromatic rings. The highest BCUT2D eigenvalue weighted by Crippen LogP contribution is 2.23. The second kappa shape index (κ2) is 21.1. The maximum absolute atomic E-state index is 11.2. The van der Waals surface area contributed by atoms with Crippen LogP contribution >= 0.6 is 0 Å². The third kappa shape index (κ3) is 15.0. The zero-order valence-corrected chi connectivity index (χ0v) is 20.9. The van der Waals surface area contributed by atoms with Crippen LogP contribution in [-0.2, 0) is 0 Å². The molecular weight excluding hydrogens is 398 g/mol. The van der Waals surface area contributed by atoms with Gasteiger partial charge in [-0.2, -0.15) is 0 Å². The highest BCUT2D eigenvalue weighted by molar-refractivity contribution is 4.56. The first kappa shape index (κ1) is 29.6. The third-order valence-corrected chi connectivity index (χ3v) is 6.07. The fourth-order valence-corrected chi connectivity index (χ4v) is 4.19. The molecule has 0 saturated heterocycles. The van der Waals surface area contributed by atoms with Crippen LogP contribution < -0.4 is 17.0 Å². The Bertz CT molecular complexity index is 254. The Morgan fingerprint density at radius 3 is 1.19 bits per heavy atom. The number of nitrogens with zero attached hydrogens (tertiary/aromatic N) is 1. The van der Waals surface area contributed by atoms with Gasteiger partial charge in [0.15, 0.2) is 6.23 Å². The van der Waals surface area contributed by atoms with Gasteiger partial charge in [0.05, 0.1) is 19.6 Å². The van der Waals surface area contributed by atoms with Crippen LogP contribution in [0.4, 0.5) is 0 Å². The van der Waals surface area contributed by atoms with Crippen molar-refractivity contribution in [2.24, 2.45) is 0 Å². The summed E-state index contributed by atoms with van der Waals surface area (Å²) < 4.78 is 1.00. The van der Waals surface area contributed by atoms with Gasteiger partial charge in [-0.1, -0.05) is 79.1 Å². The van der Waals surface area contributed by atoms with Crippen LogP contribution in [0.1, 0.15) is 130 Å². The molecule has 0 aromatic heterocycles. The molecule has 0 amide bonds. The van der Waals surface area contributed by atoms with Crippen LogP contribution in [0.2, 0.25) is 0 Å². The Morgan fingerprint density at radius 1 is 0.519 bits per heavy atom. The Labute approximate surface area is 182 Å². The van der Waals surface area contributed by atoms with Gasteiger partial charge in [-0.25, -0.2) is 0 Å². The van der Waals surface area contributed by atoms with Gasteiger partial charge in [0.2, 0.25) is 0 Å². The lowest BCUT2D eigenvalue weighted by atomic mass is 10.1. The highest BCUT2D eigenvalue weighted by atomic mass is 79.9. The van der Waals surface area contributed by atoms with Gasteiger partial charge in [-0.15, -0.1) is 0 Å². The predicted octanol–water partition coefficient (Wildman–Crippen LogP) is 4.45. The number of aliphatic hydroxyl groups is 1. The lowest BCUT2D eigenvalue weighted by Crippen LogP contribution is -3.00. The maximum atomic E-state index is 11.2. The van der Waals surface area contributed by atoms with E-state index in [4.69, 9.17) is 0 Å². The van der Waals surface area contributed by atoms with Gasteiger partial charge in [0, 0.05) is 6.42 Å². The monoisotopic (exact) mass is 449 g/mol. The van der Waals surface area contributed by atoms with Crippen molar-refractivity contribution in [3.8, 4) is 0 Å². The van der Waals surface area contributed by atoms with E-state index < -0.39 is 0 Å². The number of rotatable bonds is 20. The molecule has 0 saturated carbocycles. The first-order valence-electron chi connectivity index (χ1n) is 12.2. The minimum Gasteiger partial charge on any atom is -1.00 e. The van der Waals surface area contributed by atoms with E-state index >= 15 is 0 Å². The average molecular weight is 451 g/mol. The van der Waals surface area contributed by atoms with E-state index in [1.54, 1.807) is 0 Å². The van der Waals surface area contributed by atoms with Gasteiger partial charge in [-0.05, 0) is 44.9 Å². The molecule has 0 aliphatic rings. The summed E-state index contributed by atoms with van der Waals surface area (Å²) in [5.41, 5.74) is 0. The molecule has 1 N–H and O–H groups in total. The van der Waals surface area contributed by atoms with Gasteiger partial charge in [0.25, 0.3) is 0 Å². The zero-order valence-electron chi connectivity index (χ0n) is 19.3. The summed E-state index contributed by atoms with van der Waals surface area (Å²) in [5.74, 6) is 0. The number of hydrogen-bond donors (Lipinski definition) is 1. The van der Waals surface area contributed by atoms with Crippen molar-refractivity contribution in [2.45, 2.75) is 137 Å². The quantitative estimate of drug-likeness (QED) is 0.165. The number of unbranched alkanes of at least 4 members (excludes halogenated alkanes) is 11. The lowest BCUT2D eigenvalue weighted by Gasteiger charge is -2.43. The molecule has 3 heteroatoms.